The zero-order chi connectivity index (χ0) is 12.3. The first-order valence-electron chi connectivity index (χ1n) is 5.36. The topological polar surface area (TPSA) is 42.0 Å². The Hall–Kier alpha value is -1.39. The Bertz CT molecular complexity index is 534. The number of para-hydroxylation sites is 1. The molecule has 1 aromatic heterocycles. The van der Waals surface area contributed by atoms with Gasteiger partial charge in [-0.1, -0.05) is 18.2 Å². The highest BCUT2D eigenvalue weighted by Gasteiger charge is 2.16. The number of hydrogen-bond donors (Lipinski definition) is 1. The van der Waals surface area contributed by atoms with Gasteiger partial charge in [-0.15, -0.1) is 0 Å². The van der Waals surface area contributed by atoms with Crippen molar-refractivity contribution in [3.63, 3.8) is 0 Å². The van der Waals surface area contributed by atoms with Crippen molar-refractivity contribution in [1.29, 1.82) is 0 Å². The first-order chi connectivity index (χ1) is 8.12. The number of rotatable bonds is 4. The molecule has 0 spiro atoms. The summed E-state index contributed by atoms with van der Waals surface area (Å²) in [5, 5.41) is 1.10. The minimum absolute atomic E-state index is 0.540. The highest BCUT2D eigenvalue weighted by Crippen LogP contribution is 2.25. The van der Waals surface area contributed by atoms with E-state index in [2.05, 4.69) is 9.71 Å². The third-order valence-corrected chi connectivity index (χ3v) is 3.49. The van der Waals surface area contributed by atoms with Gasteiger partial charge in [-0.2, -0.15) is 0 Å². The van der Waals surface area contributed by atoms with Gasteiger partial charge in [0.2, 0.25) is 0 Å². The zero-order valence-electron chi connectivity index (χ0n) is 9.81. The van der Waals surface area contributed by atoms with Gasteiger partial charge in [-0.3, -0.25) is 4.98 Å². The molecule has 4 heteroatoms. The lowest BCUT2D eigenvalue weighted by atomic mass is 10.1. The number of nitrogens with one attached hydrogen (secondary N) is 1. The molecule has 0 amide bonds. The van der Waals surface area contributed by atoms with E-state index in [1.54, 1.807) is 6.20 Å². The predicted octanol–water partition coefficient (Wildman–Crippen LogP) is 2.81. The summed E-state index contributed by atoms with van der Waals surface area (Å²) in [4.78, 5) is 16.2. The van der Waals surface area contributed by atoms with Gasteiger partial charge in [0.1, 0.15) is 6.29 Å². The number of nitrogens with zero attached hydrogens (tertiary/aromatic N) is 1. The largest absolute Gasteiger partial charge is 0.301 e. The molecule has 0 atom stereocenters. The smallest absolute Gasteiger partial charge is 0.140 e. The van der Waals surface area contributed by atoms with E-state index in [0.29, 0.717) is 0 Å². The van der Waals surface area contributed by atoms with Crippen molar-refractivity contribution in [2.45, 2.75) is 24.3 Å². The molecule has 17 heavy (non-hydrogen) atoms. The Morgan fingerprint density at radius 3 is 2.82 bits per heavy atom. The Morgan fingerprint density at radius 2 is 2.06 bits per heavy atom. The second-order valence-electron chi connectivity index (χ2n) is 4.37. The first kappa shape index (κ1) is 12.1. The molecule has 0 saturated heterocycles. The van der Waals surface area contributed by atoms with Crippen LogP contribution in [0.5, 0.6) is 0 Å². The summed E-state index contributed by atoms with van der Waals surface area (Å²) in [6.45, 7) is 3.68. The number of aldehydes is 1. The molecule has 0 radical (unpaired) electrons. The van der Waals surface area contributed by atoms with Crippen molar-refractivity contribution in [2.24, 2.45) is 0 Å². The summed E-state index contributed by atoms with van der Waals surface area (Å²) in [5.74, 6) is 0. The van der Waals surface area contributed by atoms with Crippen LogP contribution >= 0.6 is 11.9 Å². The van der Waals surface area contributed by atoms with Gasteiger partial charge in [0.25, 0.3) is 0 Å². The highest BCUT2D eigenvalue weighted by atomic mass is 32.2. The van der Waals surface area contributed by atoms with Crippen molar-refractivity contribution in [1.82, 2.24) is 9.71 Å². The normalized spacial score (nSPS) is 11.6. The quantitative estimate of drug-likeness (QED) is 0.665. The average Bonchev–Trinajstić information content (AvgIpc) is 2.36. The van der Waals surface area contributed by atoms with Crippen LogP contribution < -0.4 is 4.72 Å². The number of hydrogen-bond acceptors (Lipinski definition) is 4. The molecule has 88 valence electrons. The fourth-order valence-electron chi connectivity index (χ4n) is 1.37. The molecule has 3 nitrogen and oxygen atoms in total. The van der Waals surface area contributed by atoms with Gasteiger partial charge in [0, 0.05) is 16.5 Å². The molecule has 2 aromatic rings. The van der Waals surface area contributed by atoms with E-state index >= 15 is 0 Å². The Labute approximate surface area is 105 Å². The maximum atomic E-state index is 10.8. The molecule has 1 heterocycles. The number of benzene rings is 1. The third-order valence-electron chi connectivity index (χ3n) is 2.31. The van der Waals surface area contributed by atoms with Gasteiger partial charge < -0.3 is 4.79 Å². The summed E-state index contributed by atoms with van der Waals surface area (Å²) in [5.41, 5.74) is 0.413. The number of fused-ring (bicyclic) bond motifs is 1. The maximum absolute atomic E-state index is 10.8. The van der Waals surface area contributed by atoms with Gasteiger partial charge in [-0.25, -0.2) is 4.72 Å². The molecule has 0 saturated carbocycles. The van der Waals surface area contributed by atoms with Gasteiger partial charge in [0.05, 0.1) is 11.1 Å². The van der Waals surface area contributed by atoms with E-state index in [9.17, 15) is 4.79 Å². The molecule has 0 aliphatic carbocycles. The van der Waals surface area contributed by atoms with Crippen molar-refractivity contribution < 1.29 is 4.79 Å². The molecular formula is C13H14N2OS. The molecule has 1 aromatic carbocycles. The van der Waals surface area contributed by atoms with Crippen LogP contribution in [0.4, 0.5) is 0 Å². The predicted molar refractivity (Wildman–Crippen MR) is 70.9 cm³/mol. The van der Waals surface area contributed by atoms with Crippen LogP contribution in [-0.4, -0.2) is 16.8 Å². The fourth-order valence-corrected chi connectivity index (χ4v) is 2.20. The highest BCUT2D eigenvalue weighted by molar-refractivity contribution is 7.97. The van der Waals surface area contributed by atoms with Crippen molar-refractivity contribution in [3.05, 3.63) is 36.5 Å². The summed E-state index contributed by atoms with van der Waals surface area (Å²) in [7, 11) is 0. The first-order valence-corrected chi connectivity index (χ1v) is 6.18. The van der Waals surface area contributed by atoms with Gasteiger partial charge >= 0.3 is 0 Å². The summed E-state index contributed by atoms with van der Waals surface area (Å²) in [6.07, 6.45) is 2.68. The molecule has 0 aliphatic heterocycles. The van der Waals surface area contributed by atoms with E-state index in [4.69, 9.17) is 0 Å². The zero-order valence-corrected chi connectivity index (χ0v) is 10.6. The van der Waals surface area contributed by atoms with Crippen LogP contribution in [0.25, 0.3) is 10.9 Å². The summed E-state index contributed by atoms with van der Waals surface area (Å²) >= 11 is 1.44. The van der Waals surface area contributed by atoms with Crippen molar-refractivity contribution >= 4 is 29.1 Å². The molecule has 0 fully saturated rings. The van der Waals surface area contributed by atoms with Gasteiger partial charge in [-0.05, 0) is 37.9 Å². The molecule has 0 unspecified atom stereocenters. The van der Waals surface area contributed by atoms with Crippen molar-refractivity contribution in [3.8, 4) is 0 Å². The summed E-state index contributed by atoms with van der Waals surface area (Å²) in [6, 6.07) is 9.95. The SMILES string of the molecule is CC(C)(C=O)NSc1cccc2cccnc12. The van der Waals surface area contributed by atoms with Crippen LogP contribution in [-0.2, 0) is 4.79 Å². The van der Waals surface area contributed by atoms with Crippen LogP contribution in [0.3, 0.4) is 0 Å². The Kier molecular flexibility index (Phi) is 3.45. The standard InChI is InChI=1S/C13H14N2OS/c1-13(2,9-16)15-17-11-7-3-5-10-6-4-8-14-12(10)11/h3-9,15H,1-2H3. The number of aromatic nitrogens is 1. The molecule has 0 bridgehead atoms. The van der Waals surface area contributed by atoms with E-state index in [0.717, 1.165) is 22.1 Å². The van der Waals surface area contributed by atoms with Gasteiger partial charge in [0.15, 0.2) is 0 Å². The van der Waals surface area contributed by atoms with Crippen molar-refractivity contribution in [2.75, 3.05) is 0 Å². The third kappa shape index (κ3) is 2.84. The van der Waals surface area contributed by atoms with E-state index in [1.807, 2.05) is 44.2 Å². The minimum Gasteiger partial charge on any atom is -0.301 e. The fraction of sp³-hybridized carbons (Fsp3) is 0.231. The van der Waals surface area contributed by atoms with E-state index < -0.39 is 5.54 Å². The van der Waals surface area contributed by atoms with Crippen LogP contribution in [0, 0.1) is 0 Å². The number of pyridine rings is 1. The lowest BCUT2D eigenvalue weighted by molar-refractivity contribution is -0.111. The average molecular weight is 246 g/mol. The van der Waals surface area contributed by atoms with E-state index in [-0.39, 0.29) is 0 Å². The number of carbonyl (C=O) groups excluding carboxylic acids is 1. The lowest BCUT2D eigenvalue weighted by Crippen LogP contribution is -2.35. The van der Waals surface area contributed by atoms with E-state index in [1.165, 1.54) is 11.9 Å². The summed E-state index contributed by atoms with van der Waals surface area (Å²) < 4.78 is 3.13. The van der Waals surface area contributed by atoms with Crippen LogP contribution in [0.15, 0.2) is 41.4 Å². The minimum atomic E-state index is -0.540. The number of carbonyl (C=O) groups is 1. The Balaban J connectivity index is 2.27. The molecule has 2 rings (SSSR count). The molecule has 0 aliphatic rings. The Morgan fingerprint density at radius 1 is 1.29 bits per heavy atom. The second-order valence-corrected chi connectivity index (χ2v) is 5.22. The second kappa shape index (κ2) is 4.85. The van der Waals surface area contributed by atoms with Crippen LogP contribution in [0.2, 0.25) is 0 Å². The lowest BCUT2D eigenvalue weighted by Gasteiger charge is -2.18. The monoisotopic (exact) mass is 246 g/mol. The van der Waals surface area contributed by atoms with Crippen LogP contribution in [0.1, 0.15) is 13.8 Å². The molecular weight excluding hydrogens is 232 g/mol. The molecule has 1 N–H and O–H groups in total. The maximum Gasteiger partial charge on any atom is 0.140 e.